The van der Waals surface area contributed by atoms with Crippen LogP contribution in [0.1, 0.15) is 41.0 Å². The number of carbonyl (C=O) groups is 2. The van der Waals surface area contributed by atoms with Gasteiger partial charge in [0, 0.05) is 17.9 Å². The van der Waals surface area contributed by atoms with Crippen molar-refractivity contribution < 1.29 is 9.59 Å². The van der Waals surface area contributed by atoms with Gasteiger partial charge in [0.25, 0.3) is 0 Å². The van der Waals surface area contributed by atoms with Gasteiger partial charge in [0.15, 0.2) is 0 Å². The van der Waals surface area contributed by atoms with Gasteiger partial charge in [-0.3, -0.25) is 14.9 Å². The Bertz CT molecular complexity index is 478. The number of hydrogen-bond acceptors (Lipinski definition) is 4. The van der Waals surface area contributed by atoms with Crippen LogP contribution in [0.2, 0.25) is 0 Å². The molecule has 0 unspecified atom stereocenters. The van der Waals surface area contributed by atoms with Crippen molar-refractivity contribution in [1.82, 2.24) is 15.3 Å². The minimum absolute atomic E-state index is 0.0514. The SMILES string of the molecule is CC(C)(C)CC(C)(C)NC(=O)C(=O)Nc1ncccn1. The number of amides is 2. The summed E-state index contributed by atoms with van der Waals surface area (Å²) in [6.45, 7) is 10.0. The van der Waals surface area contributed by atoms with E-state index in [1.165, 1.54) is 12.4 Å². The normalized spacial score (nSPS) is 11.8. The van der Waals surface area contributed by atoms with Crippen LogP contribution in [0, 0.1) is 5.41 Å². The van der Waals surface area contributed by atoms with Gasteiger partial charge < -0.3 is 5.32 Å². The van der Waals surface area contributed by atoms with Crippen LogP contribution in [-0.2, 0) is 9.59 Å². The Morgan fingerprint density at radius 2 is 1.60 bits per heavy atom. The first kappa shape index (κ1) is 16.1. The number of aromatic nitrogens is 2. The molecule has 2 amide bonds. The molecular formula is C14H22N4O2. The fourth-order valence-corrected chi connectivity index (χ4v) is 2.26. The maximum Gasteiger partial charge on any atom is 0.316 e. The summed E-state index contributed by atoms with van der Waals surface area (Å²) in [6, 6.07) is 1.63. The summed E-state index contributed by atoms with van der Waals surface area (Å²) in [5, 5.41) is 5.08. The van der Waals surface area contributed by atoms with E-state index < -0.39 is 17.4 Å². The van der Waals surface area contributed by atoms with Crippen LogP contribution >= 0.6 is 0 Å². The highest BCUT2D eigenvalue weighted by molar-refractivity contribution is 6.39. The Labute approximate surface area is 119 Å². The molecule has 1 aromatic heterocycles. The molecule has 20 heavy (non-hydrogen) atoms. The molecule has 0 radical (unpaired) electrons. The minimum atomic E-state index is -0.766. The van der Waals surface area contributed by atoms with E-state index in [-0.39, 0.29) is 11.4 Å². The lowest BCUT2D eigenvalue weighted by atomic mass is 9.82. The molecule has 6 nitrogen and oxygen atoms in total. The summed E-state index contributed by atoms with van der Waals surface area (Å²) in [5.41, 5.74) is -0.417. The first-order chi connectivity index (χ1) is 9.09. The van der Waals surface area contributed by atoms with Crippen LogP contribution in [0.4, 0.5) is 5.95 Å². The van der Waals surface area contributed by atoms with E-state index in [1.54, 1.807) is 6.07 Å². The zero-order valence-corrected chi connectivity index (χ0v) is 12.7. The molecule has 110 valence electrons. The molecule has 6 heteroatoms. The quantitative estimate of drug-likeness (QED) is 0.825. The fraction of sp³-hybridized carbons (Fsp3) is 0.571. The fourth-order valence-electron chi connectivity index (χ4n) is 2.26. The molecule has 0 aliphatic carbocycles. The third kappa shape index (κ3) is 5.77. The monoisotopic (exact) mass is 278 g/mol. The molecule has 1 aromatic rings. The van der Waals surface area contributed by atoms with Gasteiger partial charge in [-0.05, 0) is 31.7 Å². The van der Waals surface area contributed by atoms with E-state index in [0.717, 1.165) is 6.42 Å². The molecule has 0 aliphatic rings. The number of nitrogens with one attached hydrogen (secondary N) is 2. The number of carbonyl (C=O) groups excluding carboxylic acids is 2. The molecule has 0 saturated carbocycles. The second kappa shape index (κ2) is 5.98. The van der Waals surface area contributed by atoms with Crippen LogP contribution in [0.3, 0.4) is 0 Å². The average Bonchev–Trinajstić information content (AvgIpc) is 2.26. The van der Waals surface area contributed by atoms with Crippen molar-refractivity contribution >= 4 is 17.8 Å². The molecule has 0 aliphatic heterocycles. The Hall–Kier alpha value is -1.98. The summed E-state index contributed by atoms with van der Waals surface area (Å²) >= 11 is 0. The summed E-state index contributed by atoms with van der Waals surface area (Å²) in [6.07, 6.45) is 3.73. The predicted molar refractivity (Wildman–Crippen MR) is 77.0 cm³/mol. The summed E-state index contributed by atoms with van der Waals surface area (Å²) in [7, 11) is 0. The molecular weight excluding hydrogens is 256 g/mol. The van der Waals surface area contributed by atoms with Gasteiger partial charge in [-0.1, -0.05) is 20.8 Å². The van der Waals surface area contributed by atoms with Crippen LogP contribution in [0.5, 0.6) is 0 Å². The van der Waals surface area contributed by atoms with Crippen molar-refractivity contribution in [2.75, 3.05) is 5.32 Å². The maximum atomic E-state index is 11.9. The zero-order valence-electron chi connectivity index (χ0n) is 12.7. The van der Waals surface area contributed by atoms with Crippen LogP contribution in [0.25, 0.3) is 0 Å². The van der Waals surface area contributed by atoms with Gasteiger partial charge >= 0.3 is 11.8 Å². The first-order valence-corrected chi connectivity index (χ1v) is 6.50. The molecule has 0 fully saturated rings. The smallest absolute Gasteiger partial charge is 0.316 e. The number of anilines is 1. The molecule has 0 bridgehead atoms. The highest BCUT2D eigenvalue weighted by Crippen LogP contribution is 2.26. The summed E-state index contributed by atoms with van der Waals surface area (Å²) in [5.74, 6) is -1.34. The van der Waals surface area contributed by atoms with Crippen molar-refractivity contribution in [3.05, 3.63) is 18.5 Å². The molecule has 0 saturated heterocycles. The highest BCUT2D eigenvalue weighted by Gasteiger charge is 2.29. The van der Waals surface area contributed by atoms with Crippen molar-refractivity contribution in [3.8, 4) is 0 Å². The molecule has 0 atom stereocenters. The van der Waals surface area contributed by atoms with Crippen molar-refractivity contribution in [2.24, 2.45) is 5.41 Å². The largest absolute Gasteiger partial charge is 0.343 e. The average molecular weight is 278 g/mol. The molecule has 1 heterocycles. The Balaban J connectivity index is 2.60. The summed E-state index contributed by atoms with van der Waals surface area (Å²) in [4.78, 5) is 31.3. The Kier molecular flexibility index (Phi) is 4.81. The molecule has 2 N–H and O–H groups in total. The van der Waals surface area contributed by atoms with E-state index >= 15 is 0 Å². The van der Waals surface area contributed by atoms with Crippen molar-refractivity contribution in [3.63, 3.8) is 0 Å². The highest BCUT2D eigenvalue weighted by atomic mass is 16.2. The van der Waals surface area contributed by atoms with Gasteiger partial charge in [0.1, 0.15) is 0 Å². The third-order valence-electron chi connectivity index (χ3n) is 2.42. The van der Waals surface area contributed by atoms with E-state index in [2.05, 4.69) is 41.4 Å². The van der Waals surface area contributed by atoms with Crippen LogP contribution < -0.4 is 10.6 Å². The minimum Gasteiger partial charge on any atom is -0.343 e. The van der Waals surface area contributed by atoms with E-state index in [4.69, 9.17) is 0 Å². The van der Waals surface area contributed by atoms with Crippen LogP contribution in [0.15, 0.2) is 18.5 Å². The lowest BCUT2D eigenvalue weighted by Gasteiger charge is -2.33. The zero-order chi connectivity index (χ0) is 15.4. The van der Waals surface area contributed by atoms with Gasteiger partial charge in [0.05, 0.1) is 0 Å². The van der Waals surface area contributed by atoms with Crippen molar-refractivity contribution in [1.29, 1.82) is 0 Å². The first-order valence-electron chi connectivity index (χ1n) is 6.50. The Morgan fingerprint density at radius 3 is 2.10 bits per heavy atom. The summed E-state index contributed by atoms with van der Waals surface area (Å²) < 4.78 is 0. The second-order valence-electron chi connectivity index (χ2n) is 6.60. The molecule has 1 rings (SSSR count). The topological polar surface area (TPSA) is 84.0 Å². The lowest BCUT2D eigenvalue weighted by Crippen LogP contribution is -2.49. The number of nitrogens with zero attached hydrogens (tertiary/aromatic N) is 2. The number of rotatable bonds is 3. The molecule has 0 aromatic carbocycles. The Morgan fingerprint density at radius 1 is 1.05 bits per heavy atom. The maximum absolute atomic E-state index is 11.9. The standard InChI is InChI=1S/C14H22N4O2/c1-13(2,3)9-14(4,5)18-11(20)10(19)17-12-15-7-6-8-16-12/h6-8H,9H2,1-5H3,(H,18,20)(H,15,16,17,19). The number of hydrogen-bond donors (Lipinski definition) is 2. The lowest BCUT2D eigenvalue weighted by molar-refractivity contribution is -0.137. The van der Waals surface area contributed by atoms with Crippen LogP contribution in [-0.4, -0.2) is 27.3 Å². The van der Waals surface area contributed by atoms with Crippen molar-refractivity contribution in [2.45, 2.75) is 46.6 Å². The van der Waals surface area contributed by atoms with Gasteiger partial charge in [-0.2, -0.15) is 0 Å². The third-order valence-corrected chi connectivity index (χ3v) is 2.42. The molecule has 0 spiro atoms. The van der Waals surface area contributed by atoms with Gasteiger partial charge in [-0.15, -0.1) is 0 Å². The van der Waals surface area contributed by atoms with Gasteiger partial charge in [-0.25, -0.2) is 9.97 Å². The van der Waals surface area contributed by atoms with E-state index in [0.29, 0.717) is 0 Å². The predicted octanol–water partition coefficient (Wildman–Crippen LogP) is 1.75. The second-order valence-corrected chi connectivity index (χ2v) is 6.60. The van der Waals surface area contributed by atoms with E-state index in [9.17, 15) is 9.59 Å². The van der Waals surface area contributed by atoms with E-state index in [1.807, 2.05) is 13.8 Å². The van der Waals surface area contributed by atoms with Gasteiger partial charge in [0.2, 0.25) is 5.95 Å².